The second-order valence-electron chi connectivity index (χ2n) is 5.20. The Morgan fingerprint density at radius 2 is 1.91 bits per heavy atom. The number of nitrogens with one attached hydrogen (secondary N) is 1. The molecule has 1 aromatic carbocycles. The average Bonchev–Trinajstić information content (AvgIpc) is 2.92. The Bertz CT molecular complexity index is 650. The maximum absolute atomic E-state index is 12.0. The summed E-state index contributed by atoms with van der Waals surface area (Å²) in [6.45, 7) is 4.13. The van der Waals surface area contributed by atoms with Crippen LogP contribution in [0.15, 0.2) is 28.8 Å². The zero-order valence-electron chi connectivity index (χ0n) is 12.1. The molecule has 1 atom stereocenters. The zero-order chi connectivity index (χ0) is 16.3. The first-order valence-corrected chi connectivity index (χ1v) is 7.49. The highest BCUT2D eigenvalue weighted by molar-refractivity contribution is 6.34. The maximum Gasteiger partial charge on any atom is 0.253 e. The molecule has 0 fully saturated rings. The molecule has 0 radical (unpaired) electrons. The third-order valence-electron chi connectivity index (χ3n) is 3.05. The fourth-order valence-electron chi connectivity index (χ4n) is 1.84. The Labute approximate surface area is 138 Å². The van der Waals surface area contributed by atoms with E-state index < -0.39 is 12.0 Å². The lowest BCUT2D eigenvalue weighted by Gasteiger charge is -2.11. The van der Waals surface area contributed by atoms with Gasteiger partial charge in [-0.1, -0.05) is 42.2 Å². The van der Waals surface area contributed by atoms with Gasteiger partial charge in [0.1, 0.15) is 0 Å². The molecule has 2 aromatic rings. The number of amides is 1. The van der Waals surface area contributed by atoms with Crippen molar-refractivity contribution in [2.75, 3.05) is 0 Å². The number of nitrogens with zero attached hydrogens (tertiary/aromatic N) is 1. The quantitative estimate of drug-likeness (QED) is 0.872. The van der Waals surface area contributed by atoms with E-state index in [2.05, 4.69) is 10.5 Å². The molecule has 118 valence electrons. The summed E-state index contributed by atoms with van der Waals surface area (Å²) in [4.78, 5) is 12.0. The summed E-state index contributed by atoms with van der Waals surface area (Å²) in [5.41, 5.74) is 1.14. The summed E-state index contributed by atoms with van der Waals surface area (Å²) in [5.74, 6) is 0.196. The highest BCUT2D eigenvalue weighted by Gasteiger charge is 2.19. The summed E-state index contributed by atoms with van der Waals surface area (Å²) in [6, 6.07) is 6.28. The van der Waals surface area contributed by atoms with Gasteiger partial charge in [0.05, 0.1) is 12.2 Å². The Hall–Kier alpha value is -1.56. The van der Waals surface area contributed by atoms with Crippen molar-refractivity contribution >= 4 is 29.1 Å². The van der Waals surface area contributed by atoms with E-state index in [-0.39, 0.29) is 12.5 Å². The van der Waals surface area contributed by atoms with Gasteiger partial charge < -0.3 is 14.9 Å². The van der Waals surface area contributed by atoms with Crippen LogP contribution in [0.1, 0.15) is 42.9 Å². The van der Waals surface area contributed by atoms with Crippen molar-refractivity contribution in [2.24, 2.45) is 0 Å². The fraction of sp³-hybridized carbons (Fsp3) is 0.333. The van der Waals surface area contributed by atoms with Crippen molar-refractivity contribution in [1.29, 1.82) is 0 Å². The third kappa shape index (κ3) is 4.22. The number of benzene rings is 1. The van der Waals surface area contributed by atoms with Crippen molar-refractivity contribution in [3.8, 4) is 0 Å². The minimum absolute atomic E-state index is 0.143. The van der Waals surface area contributed by atoms with Gasteiger partial charge in [0.25, 0.3) is 5.91 Å². The van der Waals surface area contributed by atoms with Crippen molar-refractivity contribution in [1.82, 2.24) is 10.5 Å². The monoisotopic (exact) mass is 342 g/mol. The van der Waals surface area contributed by atoms with Crippen molar-refractivity contribution in [2.45, 2.75) is 32.4 Å². The third-order valence-corrected chi connectivity index (χ3v) is 3.49. The Morgan fingerprint density at radius 1 is 1.27 bits per heavy atom. The van der Waals surface area contributed by atoms with E-state index in [0.29, 0.717) is 21.4 Å². The van der Waals surface area contributed by atoms with E-state index in [9.17, 15) is 9.90 Å². The Balaban J connectivity index is 1.98. The standard InChI is InChI=1S/C15H16Cl2N2O3/c1-8(2)13-6-12(22-19-13)7-18-15(21)14(20)9-3-10(16)5-11(17)4-9/h3-6,8,14,20H,7H2,1-2H3,(H,18,21)/t14-/m0/s1. The first-order valence-electron chi connectivity index (χ1n) is 6.74. The van der Waals surface area contributed by atoms with Crippen LogP contribution in [0.4, 0.5) is 0 Å². The molecule has 0 aliphatic rings. The maximum atomic E-state index is 12.0. The van der Waals surface area contributed by atoms with Crippen LogP contribution in [0.25, 0.3) is 0 Å². The highest BCUT2D eigenvalue weighted by Crippen LogP contribution is 2.23. The molecule has 0 bridgehead atoms. The number of aromatic nitrogens is 1. The van der Waals surface area contributed by atoms with Gasteiger partial charge in [0.15, 0.2) is 11.9 Å². The van der Waals surface area contributed by atoms with E-state index in [1.165, 1.54) is 18.2 Å². The molecule has 1 heterocycles. The molecule has 2 rings (SSSR count). The lowest BCUT2D eigenvalue weighted by atomic mass is 10.1. The normalized spacial score (nSPS) is 12.5. The van der Waals surface area contributed by atoms with Gasteiger partial charge in [-0.3, -0.25) is 4.79 Å². The van der Waals surface area contributed by atoms with Gasteiger partial charge >= 0.3 is 0 Å². The number of hydrogen-bond donors (Lipinski definition) is 2. The number of aliphatic hydroxyl groups is 1. The fourth-order valence-corrected chi connectivity index (χ4v) is 2.38. The van der Waals surface area contributed by atoms with Crippen LogP contribution >= 0.6 is 23.2 Å². The lowest BCUT2D eigenvalue weighted by molar-refractivity contribution is -0.129. The molecule has 22 heavy (non-hydrogen) atoms. The zero-order valence-corrected chi connectivity index (χ0v) is 13.6. The molecule has 0 saturated carbocycles. The van der Waals surface area contributed by atoms with Crippen LogP contribution in [-0.2, 0) is 11.3 Å². The van der Waals surface area contributed by atoms with E-state index in [1.54, 1.807) is 6.07 Å². The van der Waals surface area contributed by atoms with E-state index >= 15 is 0 Å². The molecule has 0 aliphatic heterocycles. The average molecular weight is 343 g/mol. The number of carbonyl (C=O) groups is 1. The van der Waals surface area contributed by atoms with E-state index in [0.717, 1.165) is 5.69 Å². The van der Waals surface area contributed by atoms with Crippen molar-refractivity contribution in [3.05, 3.63) is 51.3 Å². The highest BCUT2D eigenvalue weighted by atomic mass is 35.5. The molecule has 0 aliphatic carbocycles. The summed E-state index contributed by atoms with van der Waals surface area (Å²) >= 11 is 11.7. The van der Waals surface area contributed by atoms with Gasteiger partial charge in [-0.15, -0.1) is 0 Å². The second-order valence-corrected chi connectivity index (χ2v) is 6.07. The molecule has 0 unspecified atom stereocenters. The topological polar surface area (TPSA) is 75.4 Å². The van der Waals surface area contributed by atoms with Gasteiger partial charge in [0, 0.05) is 16.1 Å². The molecule has 1 amide bonds. The summed E-state index contributed by atoms with van der Waals surface area (Å²) in [7, 11) is 0. The summed E-state index contributed by atoms with van der Waals surface area (Å²) in [6.07, 6.45) is -1.36. The lowest BCUT2D eigenvalue weighted by Crippen LogP contribution is -2.28. The van der Waals surface area contributed by atoms with Crippen LogP contribution < -0.4 is 5.32 Å². The number of halogens is 2. The summed E-state index contributed by atoms with van der Waals surface area (Å²) < 4.78 is 5.11. The van der Waals surface area contributed by atoms with E-state index in [4.69, 9.17) is 27.7 Å². The van der Waals surface area contributed by atoms with Gasteiger partial charge in [0.2, 0.25) is 0 Å². The second kappa shape index (κ2) is 7.13. The van der Waals surface area contributed by atoms with Crippen molar-refractivity contribution in [3.63, 3.8) is 0 Å². The molecular formula is C15H16Cl2N2O3. The molecule has 5 nitrogen and oxygen atoms in total. The number of aliphatic hydroxyl groups excluding tert-OH is 1. The Kier molecular flexibility index (Phi) is 5.45. The SMILES string of the molecule is CC(C)c1cc(CNC(=O)[C@@H](O)c2cc(Cl)cc(Cl)c2)on1. The smallest absolute Gasteiger partial charge is 0.253 e. The van der Waals surface area contributed by atoms with Crippen LogP contribution in [0.3, 0.4) is 0 Å². The Morgan fingerprint density at radius 3 is 2.45 bits per heavy atom. The molecular weight excluding hydrogens is 327 g/mol. The number of rotatable bonds is 5. The molecule has 2 N–H and O–H groups in total. The predicted molar refractivity (Wildman–Crippen MR) is 83.9 cm³/mol. The van der Waals surface area contributed by atoms with Crippen LogP contribution in [0.2, 0.25) is 10.0 Å². The number of carbonyl (C=O) groups excluding carboxylic acids is 1. The minimum Gasteiger partial charge on any atom is -0.378 e. The van der Waals surface area contributed by atoms with Crippen molar-refractivity contribution < 1.29 is 14.4 Å². The largest absolute Gasteiger partial charge is 0.378 e. The summed E-state index contributed by atoms with van der Waals surface area (Å²) in [5, 5.41) is 17.2. The molecule has 7 heteroatoms. The van der Waals surface area contributed by atoms with Crippen LogP contribution in [-0.4, -0.2) is 16.2 Å². The number of hydrogen-bond acceptors (Lipinski definition) is 4. The minimum atomic E-state index is -1.36. The first kappa shape index (κ1) is 16.8. The molecule has 0 spiro atoms. The van der Waals surface area contributed by atoms with Crippen LogP contribution in [0, 0.1) is 0 Å². The molecule has 1 aromatic heterocycles. The van der Waals surface area contributed by atoms with E-state index in [1.807, 2.05) is 13.8 Å². The predicted octanol–water partition coefficient (Wildman–Crippen LogP) is 3.45. The van der Waals surface area contributed by atoms with Crippen LogP contribution in [0.5, 0.6) is 0 Å². The first-order chi connectivity index (χ1) is 10.4. The van der Waals surface area contributed by atoms with Gasteiger partial charge in [-0.05, 0) is 29.7 Å². The van der Waals surface area contributed by atoms with Gasteiger partial charge in [-0.25, -0.2) is 0 Å². The van der Waals surface area contributed by atoms with Gasteiger partial charge in [-0.2, -0.15) is 0 Å². The molecule has 0 saturated heterocycles.